The molecule has 1 aromatic rings. The monoisotopic (exact) mass is 121 g/mol. The minimum absolute atomic E-state index is 0.801. The number of aromatic nitrogens is 1. The molecule has 1 heterocycles. The van der Waals surface area contributed by atoms with E-state index in [-0.39, 0.29) is 0 Å². The molecule has 0 aliphatic heterocycles. The quantitative estimate of drug-likeness (QED) is 0.549. The zero-order chi connectivity index (χ0) is 6.69. The van der Waals surface area contributed by atoms with E-state index in [1.54, 1.807) is 7.05 Å². The van der Waals surface area contributed by atoms with E-state index < -0.39 is 0 Å². The fraction of sp³-hybridized carbons (Fsp3) is 0.286. The highest BCUT2D eigenvalue weighted by atomic mass is 15.0. The van der Waals surface area contributed by atoms with Crippen LogP contribution in [0.5, 0.6) is 0 Å². The van der Waals surface area contributed by atoms with Crippen LogP contribution in [0.4, 0.5) is 5.82 Å². The van der Waals surface area contributed by atoms with Gasteiger partial charge in [0.1, 0.15) is 5.82 Å². The van der Waals surface area contributed by atoms with Crippen LogP contribution in [0.25, 0.3) is 0 Å². The molecule has 0 N–H and O–H groups in total. The molecule has 0 amide bonds. The molecular weight excluding hydrogens is 112 g/mol. The SMILES string of the molecule is C[N]c1cccc(C)n1. The van der Waals surface area contributed by atoms with Crippen molar-refractivity contribution < 1.29 is 0 Å². The average Bonchev–Trinajstić information content (AvgIpc) is 1.88. The summed E-state index contributed by atoms with van der Waals surface area (Å²) in [4.78, 5) is 4.12. The standard InChI is InChI=1S/C7H9N2/c1-6-4-3-5-7(8-2)9-6/h3-5H,1-2H3. The molecule has 0 aliphatic rings. The van der Waals surface area contributed by atoms with Gasteiger partial charge in [0, 0.05) is 12.7 Å². The van der Waals surface area contributed by atoms with Gasteiger partial charge in [-0.15, -0.1) is 0 Å². The number of aryl methyl sites for hydroxylation is 1. The second kappa shape index (κ2) is 2.49. The van der Waals surface area contributed by atoms with Crippen LogP contribution in [-0.2, 0) is 0 Å². The van der Waals surface area contributed by atoms with Crippen LogP contribution in [0, 0.1) is 6.92 Å². The van der Waals surface area contributed by atoms with Crippen LogP contribution in [0.3, 0.4) is 0 Å². The third-order valence-electron chi connectivity index (χ3n) is 1.10. The fourth-order valence-electron chi connectivity index (χ4n) is 0.653. The number of hydrogen-bond donors (Lipinski definition) is 0. The van der Waals surface area contributed by atoms with E-state index >= 15 is 0 Å². The van der Waals surface area contributed by atoms with E-state index in [0.717, 1.165) is 11.5 Å². The first-order valence-corrected chi connectivity index (χ1v) is 2.86. The van der Waals surface area contributed by atoms with Crippen LogP contribution in [0.15, 0.2) is 18.2 Å². The molecule has 0 aliphatic carbocycles. The molecular formula is C7H9N2. The smallest absolute Gasteiger partial charge is 0.147 e. The molecule has 0 bridgehead atoms. The first-order valence-electron chi connectivity index (χ1n) is 2.86. The summed E-state index contributed by atoms with van der Waals surface area (Å²) in [5, 5.41) is 3.92. The van der Waals surface area contributed by atoms with E-state index in [9.17, 15) is 0 Å². The highest BCUT2D eigenvalue weighted by Crippen LogP contribution is 2.01. The van der Waals surface area contributed by atoms with Crippen LogP contribution in [0.2, 0.25) is 0 Å². The largest absolute Gasteiger partial charge is 0.270 e. The lowest BCUT2D eigenvalue weighted by molar-refractivity contribution is 1.00. The summed E-state index contributed by atoms with van der Waals surface area (Å²) in [5.41, 5.74) is 1.01. The van der Waals surface area contributed by atoms with Crippen molar-refractivity contribution in [1.29, 1.82) is 0 Å². The van der Waals surface area contributed by atoms with Crippen molar-refractivity contribution in [2.75, 3.05) is 7.05 Å². The van der Waals surface area contributed by atoms with E-state index in [4.69, 9.17) is 0 Å². The van der Waals surface area contributed by atoms with Gasteiger partial charge in [-0.2, -0.15) is 0 Å². The Labute approximate surface area is 54.9 Å². The van der Waals surface area contributed by atoms with Gasteiger partial charge in [-0.3, -0.25) is 5.32 Å². The van der Waals surface area contributed by atoms with Crippen molar-refractivity contribution >= 4 is 5.82 Å². The van der Waals surface area contributed by atoms with Crippen molar-refractivity contribution in [3.63, 3.8) is 0 Å². The van der Waals surface area contributed by atoms with Crippen molar-refractivity contribution in [2.45, 2.75) is 6.92 Å². The lowest BCUT2D eigenvalue weighted by atomic mass is 10.4. The summed E-state index contributed by atoms with van der Waals surface area (Å²) in [6.07, 6.45) is 0. The molecule has 0 atom stereocenters. The molecule has 1 radical (unpaired) electrons. The average molecular weight is 121 g/mol. The zero-order valence-corrected chi connectivity index (χ0v) is 5.63. The van der Waals surface area contributed by atoms with Crippen LogP contribution in [0.1, 0.15) is 5.69 Å². The molecule has 9 heavy (non-hydrogen) atoms. The lowest BCUT2D eigenvalue weighted by Gasteiger charge is -1.94. The molecule has 0 spiro atoms. The Kier molecular flexibility index (Phi) is 1.68. The molecule has 1 rings (SSSR count). The van der Waals surface area contributed by atoms with Crippen LogP contribution in [-0.4, -0.2) is 12.0 Å². The Morgan fingerprint density at radius 3 is 2.67 bits per heavy atom. The number of nitrogens with zero attached hydrogens (tertiary/aromatic N) is 2. The van der Waals surface area contributed by atoms with Gasteiger partial charge in [-0.1, -0.05) is 6.07 Å². The maximum atomic E-state index is 4.12. The van der Waals surface area contributed by atoms with Gasteiger partial charge in [-0.25, -0.2) is 4.98 Å². The van der Waals surface area contributed by atoms with E-state index in [1.807, 2.05) is 25.1 Å². The normalized spacial score (nSPS) is 9.11. The summed E-state index contributed by atoms with van der Waals surface area (Å²) in [7, 11) is 1.74. The molecule has 0 fully saturated rings. The number of hydrogen-bond acceptors (Lipinski definition) is 1. The summed E-state index contributed by atoms with van der Waals surface area (Å²) < 4.78 is 0. The topological polar surface area (TPSA) is 27.0 Å². The second-order valence-electron chi connectivity index (χ2n) is 1.86. The van der Waals surface area contributed by atoms with E-state index in [0.29, 0.717) is 0 Å². The summed E-state index contributed by atoms with van der Waals surface area (Å²) in [6.45, 7) is 1.95. The number of pyridine rings is 1. The Morgan fingerprint density at radius 1 is 1.44 bits per heavy atom. The second-order valence-corrected chi connectivity index (χ2v) is 1.86. The van der Waals surface area contributed by atoms with Gasteiger partial charge in [-0.05, 0) is 19.1 Å². The third kappa shape index (κ3) is 1.42. The predicted molar refractivity (Wildman–Crippen MR) is 36.7 cm³/mol. The van der Waals surface area contributed by atoms with Gasteiger partial charge in [0.15, 0.2) is 0 Å². The van der Waals surface area contributed by atoms with Crippen LogP contribution < -0.4 is 5.32 Å². The molecule has 2 heteroatoms. The van der Waals surface area contributed by atoms with Gasteiger partial charge >= 0.3 is 0 Å². The molecule has 47 valence electrons. The number of rotatable bonds is 1. The van der Waals surface area contributed by atoms with Gasteiger partial charge in [0.25, 0.3) is 0 Å². The van der Waals surface area contributed by atoms with Gasteiger partial charge < -0.3 is 0 Å². The molecule has 0 unspecified atom stereocenters. The predicted octanol–water partition coefficient (Wildman–Crippen LogP) is 1.26. The summed E-state index contributed by atoms with van der Waals surface area (Å²) >= 11 is 0. The Morgan fingerprint density at radius 2 is 2.22 bits per heavy atom. The fourth-order valence-corrected chi connectivity index (χ4v) is 0.653. The van der Waals surface area contributed by atoms with Crippen molar-refractivity contribution in [1.82, 2.24) is 10.3 Å². The summed E-state index contributed by atoms with van der Waals surface area (Å²) in [5.74, 6) is 0.801. The summed E-state index contributed by atoms with van der Waals surface area (Å²) in [6, 6.07) is 5.78. The van der Waals surface area contributed by atoms with Gasteiger partial charge in [0.05, 0.1) is 0 Å². The first kappa shape index (κ1) is 6.08. The zero-order valence-electron chi connectivity index (χ0n) is 5.63. The highest BCUT2D eigenvalue weighted by Gasteiger charge is 1.87. The Balaban J connectivity index is 2.94. The first-order chi connectivity index (χ1) is 4.33. The molecule has 0 saturated heterocycles. The lowest BCUT2D eigenvalue weighted by Crippen LogP contribution is -1.90. The van der Waals surface area contributed by atoms with E-state index in [2.05, 4.69) is 10.3 Å². The minimum Gasteiger partial charge on any atom is -0.270 e. The highest BCUT2D eigenvalue weighted by molar-refractivity contribution is 5.26. The van der Waals surface area contributed by atoms with Gasteiger partial charge in [0.2, 0.25) is 0 Å². The minimum atomic E-state index is 0.801. The maximum Gasteiger partial charge on any atom is 0.147 e. The molecule has 2 nitrogen and oxygen atoms in total. The Hall–Kier alpha value is -1.05. The third-order valence-corrected chi connectivity index (χ3v) is 1.10. The van der Waals surface area contributed by atoms with Crippen LogP contribution >= 0.6 is 0 Å². The van der Waals surface area contributed by atoms with E-state index in [1.165, 1.54) is 0 Å². The van der Waals surface area contributed by atoms with Crippen molar-refractivity contribution in [3.8, 4) is 0 Å². The van der Waals surface area contributed by atoms with Crippen molar-refractivity contribution in [2.24, 2.45) is 0 Å². The molecule has 1 aromatic heterocycles. The molecule has 0 saturated carbocycles. The maximum absolute atomic E-state index is 4.12. The molecule has 0 aromatic carbocycles. The Bertz CT molecular complexity index is 196. The van der Waals surface area contributed by atoms with Crippen molar-refractivity contribution in [3.05, 3.63) is 23.9 Å².